The lowest BCUT2D eigenvalue weighted by Crippen LogP contribution is -2.09. The Balaban J connectivity index is 1.59. The van der Waals surface area contributed by atoms with Gasteiger partial charge in [0.25, 0.3) is 5.91 Å². The molecule has 0 saturated carbocycles. The fourth-order valence-corrected chi connectivity index (χ4v) is 4.29. The molecule has 3 nitrogen and oxygen atoms in total. The molecule has 4 rings (SSSR count). The fraction of sp³-hybridized carbons (Fsp3) is 0. The molecule has 26 heavy (non-hydrogen) atoms. The summed E-state index contributed by atoms with van der Waals surface area (Å²) in [7, 11) is 0. The van der Waals surface area contributed by atoms with Crippen LogP contribution in [0.25, 0.3) is 21.8 Å². The van der Waals surface area contributed by atoms with Crippen LogP contribution in [0.3, 0.4) is 0 Å². The summed E-state index contributed by atoms with van der Waals surface area (Å²) >= 11 is 9.23. The van der Waals surface area contributed by atoms with Crippen molar-refractivity contribution in [3.05, 3.63) is 81.3 Å². The molecule has 0 aliphatic rings. The second kappa shape index (κ2) is 7.41. The van der Waals surface area contributed by atoms with Gasteiger partial charge in [-0.25, -0.2) is 4.98 Å². The predicted octanol–water partition coefficient (Wildman–Crippen LogP) is 6.44. The van der Waals surface area contributed by atoms with E-state index in [0.717, 1.165) is 27.5 Å². The first-order valence-corrected chi connectivity index (χ1v) is 10.00. The van der Waals surface area contributed by atoms with Crippen LogP contribution in [-0.4, -0.2) is 10.9 Å². The molecule has 0 saturated heterocycles. The molecule has 0 bridgehead atoms. The second-order valence-corrected chi connectivity index (χ2v) is 7.74. The van der Waals surface area contributed by atoms with Crippen LogP contribution in [0, 0.1) is 0 Å². The van der Waals surface area contributed by atoms with Gasteiger partial charge in [0.1, 0.15) is 5.01 Å². The third-order valence-electron chi connectivity index (χ3n) is 3.77. The summed E-state index contributed by atoms with van der Waals surface area (Å²) in [6, 6.07) is 19.0. The van der Waals surface area contributed by atoms with E-state index in [2.05, 4.69) is 5.32 Å². The Kier molecular flexibility index (Phi) is 4.84. The molecule has 2 aromatic carbocycles. The van der Waals surface area contributed by atoms with Gasteiger partial charge in [0, 0.05) is 22.2 Å². The van der Waals surface area contributed by atoms with E-state index in [0.29, 0.717) is 9.90 Å². The number of rotatable bonds is 4. The average molecular weight is 397 g/mol. The number of nitrogens with one attached hydrogen (secondary N) is 1. The van der Waals surface area contributed by atoms with Gasteiger partial charge in [-0.2, -0.15) is 0 Å². The van der Waals surface area contributed by atoms with Crippen LogP contribution in [0.1, 0.15) is 9.67 Å². The predicted molar refractivity (Wildman–Crippen MR) is 110 cm³/mol. The normalized spacial score (nSPS) is 10.7. The van der Waals surface area contributed by atoms with E-state index < -0.39 is 0 Å². The van der Waals surface area contributed by atoms with E-state index in [1.54, 1.807) is 17.4 Å². The minimum absolute atomic E-state index is 0.104. The minimum Gasteiger partial charge on any atom is -0.321 e. The number of halogens is 1. The first-order valence-electron chi connectivity index (χ1n) is 7.86. The lowest BCUT2D eigenvalue weighted by atomic mass is 10.1. The number of carbonyl (C=O) groups excluding carboxylic acids is 1. The number of aromatic nitrogens is 1. The molecule has 2 heterocycles. The summed E-state index contributed by atoms with van der Waals surface area (Å²) in [5, 5.41) is 8.37. The maximum atomic E-state index is 12.2. The number of anilines is 1. The number of thiophene rings is 1. The van der Waals surface area contributed by atoms with Crippen molar-refractivity contribution in [2.75, 3.05) is 5.32 Å². The van der Waals surface area contributed by atoms with Gasteiger partial charge in [0.05, 0.1) is 15.6 Å². The Labute approximate surface area is 163 Å². The number of thiazole rings is 1. The van der Waals surface area contributed by atoms with Crippen molar-refractivity contribution < 1.29 is 4.79 Å². The van der Waals surface area contributed by atoms with Gasteiger partial charge in [-0.1, -0.05) is 48.0 Å². The number of nitrogens with zero attached hydrogens (tertiary/aromatic N) is 1. The largest absolute Gasteiger partial charge is 0.321 e. The zero-order valence-electron chi connectivity index (χ0n) is 13.5. The third kappa shape index (κ3) is 3.55. The van der Waals surface area contributed by atoms with Crippen LogP contribution < -0.4 is 5.32 Å². The van der Waals surface area contributed by atoms with Gasteiger partial charge in [-0.3, -0.25) is 4.79 Å². The number of hydrogen-bond donors (Lipinski definition) is 1. The lowest BCUT2D eigenvalue weighted by Gasteiger charge is -2.05. The van der Waals surface area contributed by atoms with Crippen LogP contribution in [0.5, 0.6) is 0 Å². The van der Waals surface area contributed by atoms with Crippen LogP contribution in [0.4, 0.5) is 5.69 Å². The molecule has 0 spiro atoms. The molecule has 2 aromatic heterocycles. The highest BCUT2D eigenvalue weighted by atomic mass is 35.5. The molecule has 4 aromatic rings. The fourth-order valence-electron chi connectivity index (χ4n) is 2.52. The summed E-state index contributed by atoms with van der Waals surface area (Å²) in [6.07, 6.45) is 0. The number of benzene rings is 2. The molecule has 0 fully saturated rings. The van der Waals surface area contributed by atoms with Crippen molar-refractivity contribution >= 4 is 45.9 Å². The van der Waals surface area contributed by atoms with Gasteiger partial charge in [0.15, 0.2) is 0 Å². The van der Waals surface area contributed by atoms with Crippen LogP contribution in [0.15, 0.2) is 71.4 Å². The van der Waals surface area contributed by atoms with Gasteiger partial charge in [-0.05, 0) is 29.6 Å². The average Bonchev–Trinajstić information content (AvgIpc) is 3.35. The van der Waals surface area contributed by atoms with E-state index in [9.17, 15) is 4.79 Å². The second-order valence-electron chi connectivity index (χ2n) is 5.53. The SMILES string of the molecule is O=C(Nc1cccc(-c2csc(-c3ccccc3Cl)n2)c1)c1cccs1. The molecule has 0 radical (unpaired) electrons. The lowest BCUT2D eigenvalue weighted by molar-refractivity contribution is 0.103. The molecular formula is C20H13ClN2OS2. The number of carbonyl (C=O) groups is 1. The zero-order chi connectivity index (χ0) is 17.9. The maximum absolute atomic E-state index is 12.2. The van der Waals surface area contributed by atoms with Crippen molar-refractivity contribution in [3.8, 4) is 21.8 Å². The Morgan fingerprint density at radius 3 is 2.69 bits per heavy atom. The summed E-state index contributed by atoms with van der Waals surface area (Å²) in [5.74, 6) is -0.104. The standard InChI is InChI=1S/C20H13ClN2OS2/c21-16-8-2-1-7-15(16)20-23-17(12-26-20)13-5-3-6-14(11-13)22-19(24)18-9-4-10-25-18/h1-12H,(H,22,24). The van der Waals surface area contributed by atoms with E-state index in [1.807, 2.05) is 65.4 Å². The van der Waals surface area contributed by atoms with E-state index in [-0.39, 0.29) is 5.91 Å². The Morgan fingerprint density at radius 1 is 1.00 bits per heavy atom. The number of amides is 1. The third-order valence-corrected chi connectivity index (χ3v) is 5.84. The summed E-state index contributed by atoms with van der Waals surface area (Å²) in [4.78, 5) is 17.6. The number of hydrogen-bond acceptors (Lipinski definition) is 4. The van der Waals surface area contributed by atoms with Crippen LogP contribution in [0.2, 0.25) is 5.02 Å². The monoisotopic (exact) mass is 396 g/mol. The highest BCUT2D eigenvalue weighted by Crippen LogP contribution is 2.33. The molecule has 0 aliphatic carbocycles. The van der Waals surface area contributed by atoms with Crippen molar-refractivity contribution in [3.63, 3.8) is 0 Å². The molecule has 0 unspecified atom stereocenters. The van der Waals surface area contributed by atoms with Crippen LogP contribution >= 0.6 is 34.3 Å². The van der Waals surface area contributed by atoms with Crippen molar-refractivity contribution in [1.82, 2.24) is 4.98 Å². The highest BCUT2D eigenvalue weighted by Gasteiger charge is 2.11. The molecule has 0 aliphatic heterocycles. The van der Waals surface area contributed by atoms with E-state index >= 15 is 0 Å². The van der Waals surface area contributed by atoms with Crippen molar-refractivity contribution in [1.29, 1.82) is 0 Å². The summed E-state index contributed by atoms with van der Waals surface area (Å²) in [5.41, 5.74) is 3.47. The quantitative estimate of drug-likeness (QED) is 0.431. The summed E-state index contributed by atoms with van der Waals surface area (Å²) < 4.78 is 0. The Bertz CT molecular complexity index is 1060. The van der Waals surface area contributed by atoms with Gasteiger partial charge < -0.3 is 5.32 Å². The zero-order valence-corrected chi connectivity index (χ0v) is 15.9. The van der Waals surface area contributed by atoms with E-state index in [4.69, 9.17) is 16.6 Å². The summed E-state index contributed by atoms with van der Waals surface area (Å²) in [6.45, 7) is 0. The van der Waals surface area contributed by atoms with Gasteiger partial charge >= 0.3 is 0 Å². The topological polar surface area (TPSA) is 42.0 Å². The van der Waals surface area contributed by atoms with E-state index in [1.165, 1.54) is 11.3 Å². The highest BCUT2D eigenvalue weighted by molar-refractivity contribution is 7.13. The van der Waals surface area contributed by atoms with Crippen LogP contribution in [-0.2, 0) is 0 Å². The molecule has 0 atom stereocenters. The first-order chi connectivity index (χ1) is 12.7. The Hall–Kier alpha value is -2.47. The van der Waals surface area contributed by atoms with Gasteiger partial charge in [0.2, 0.25) is 0 Å². The Morgan fingerprint density at radius 2 is 1.88 bits per heavy atom. The molecule has 128 valence electrons. The minimum atomic E-state index is -0.104. The molecular weight excluding hydrogens is 384 g/mol. The maximum Gasteiger partial charge on any atom is 0.265 e. The first kappa shape index (κ1) is 17.0. The molecule has 1 amide bonds. The molecule has 1 N–H and O–H groups in total. The van der Waals surface area contributed by atoms with Crippen molar-refractivity contribution in [2.45, 2.75) is 0 Å². The van der Waals surface area contributed by atoms with Crippen molar-refractivity contribution in [2.24, 2.45) is 0 Å². The smallest absolute Gasteiger partial charge is 0.265 e. The van der Waals surface area contributed by atoms with Gasteiger partial charge in [-0.15, -0.1) is 22.7 Å². The molecule has 6 heteroatoms.